The summed E-state index contributed by atoms with van der Waals surface area (Å²) in [5.41, 5.74) is 1.05. The van der Waals surface area contributed by atoms with Crippen molar-refractivity contribution in [3.63, 3.8) is 0 Å². The molecule has 17 heavy (non-hydrogen) atoms. The molecule has 0 fully saturated rings. The molecule has 7 nitrogen and oxygen atoms in total. The molecule has 0 amide bonds. The second kappa shape index (κ2) is 5.04. The van der Waals surface area contributed by atoms with Gasteiger partial charge in [-0.05, 0) is 23.1 Å². The van der Waals surface area contributed by atoms with Gasteiger partial charge in [0.1, 0.15) is 5.52 Å². The Morgan fingerprint density at radius 3 is 2.76 bits per heavy atom. The minimum absolute atomic E-state index is 0.0211. The maximum Gasteiger partial charge on any atom is 0.323 e. The quantitative estimate of drug-likeness (QED) is 0.495. The molecule has 10 heteroatoms. The highest BCUT2D eigenvalue weighted by atomic mass is 32.5. The summed E-state index contributed by atoms with van der Waals surface area (Å²) in [5.74, 6) is 0. The minimum atomic E-state index is -3.98. The van der Waals surface area contributed by atoms with E-state index in [-0.39, 0.29) is 16.2 Å². The van der Waals surface area contributed by atoms with Crippen molar-refractivity contribution in [1.29, 1.82) is 0 Å². The Hall–Kier alpha value is -0.460. The zero-order valence-electron chi connectivity index (χ0n) is 8.22. The first kappa shape index (κ1) is 13.0. The predicted molar refractivity (Wildman–Crippen MR) is 64.7 cm³/mol. The van der Waals surface area contributed by atoms with Crippen molar-refractivity contribution >= 4 is 37.0 Å². The van der Waals surface area contributed by atoms with Crippen LogP contribution in [0.1, 0.15) is 0 Å². The molecule has 1 unspecified atom stereocenters. The van der Waals surface area contributed by atoms with Gasteiger partial charge in [-0.1, -0.05) is 12.1 Å². The molecule has 94 valence electrons. The summed E-state index contributed by atoms with van der Waals surface area (Å²) in [6, 6.07) is 6.88. The highest BCUT2D eigenvalue weighted by Crippen LogP contribution is 2.48. The van der Waals surface area contributed by atoms with E-state index in [4.69, 9.17) is 9.31 Å². The maximum absolute atomic E-state index is 10.4. The van der Waals surface area contributed by atoms with E-state index in [1.54, 1.807) is 24.3 Å². The fourth-order valence-electron chi connectivity index (χ4n) is 1.14. The van der Waals surface area contributed by atoms with Crippen LogP contribution >= 0.6 is 15.0 Å². The van der Waals surface area contributed by atoms with Gasteiger partial charge in [-0.3, -0.25) is 4.57 Å². The molecule has 1 aromatic carbocycles. The van der Waals surface area contributed by atoms with Gasteiger partial charge in [0.05, 0.1) is 0 Å². The van der Waals surface area contributed by atoms with E-state index in [1.807, 2.05) is 0 Å². The van der Waals surface area contributed by atoms with E-state index < -0.39 is 15.0 Å². The van der Waals surface area contributed by atoms with Crippen LogP contribution in [0.25, 0.3) is 11.1 Å². The molecule has 0 radical (unpaired) electrons. The fraction of sp³-hybridized carbons (Fsp3) is 0. The number of hydrogen-bond donors (Lipinski definition) is 4. The van der Waals surface area contributed by atoms with Crippen molar-refractivity contribution in [3.05, 3.63) is 24.3 Å². The van der Waals surface area contributed by atoms with Crippen LogP contribution in [-0.2, 0) is 19.8 Å². The first-order valence-electron chi connectivity index (χ1n) is 4.32. The lowest BCUT2D eigenvalue weighted by molar-refractivity contribution is 0.342. The van der Waals surface area contributed by atoms with Crippen molar-refractivity contribution in [2.24, 2.45) is 0 Å². The molecular formula is C7H9NO6P2S. The largest absolute Gasteiger partial charge is 0.432 e. The van der Waals surface area contributed by atoms with Crippen LogP contribution in [0.15, 0.2) is 33.9 Å². The van der Waals surface area contributed by atoms with Crippen LogP contribution in [0.3, 0.4) is 0 Å². The number of rotatable bonds is 3. The van der Waals surface area contributed by atoms with Gasteiger partial charge in [0.2, 0.25) is 0 Å². The molecular weight excluding hydrogens is 288 g/mol. The standard InChI is InChI=1S/C7H9NO6P2S/c9-15(10)14-16(11,12)17-7-8-5-3-1-2-4-6(5)13-7/h1-4,11-12,15,17H,(H,9,10). The number of thiol groups is 1. The molecule has 0 saturated heterocycles. The first-order valence-corrected chi connectivity index (χ1v) is 8.80. The number of nitrogens with zero attached hydrogens (tertiary/aromatic N) is 1. The summed E-state index contributed by atoms with van der Waals surface area (Å²) in [6.45, 7) is -3.98. The van der Waals surface area contributed by atoms with Crippen molar-refractivity contribution in [1.82, 2.24) is 4.98 Å². The second-order valence-corrected chi connectivity index (χ2v) is 7.97. The number of oxazole rings is 1. The van der Waals surface area contributed by atoms with Crippen molar-refractivity contribution in [3.8, 4) is 0 Å². The molecule has 0 saturated carbocycles. The van der Waals surface area contributed by atoms with Crippen molar-refractivity contribution < 1.29 is 28.0 Å². The average molecular weight is 297 g/mol. The number of fused-ring (bicyclic) bond motifs is 1. The highest BCUT2D eigenvalue weighted by Gasteiger charge is 2.15. The summed E-state index contributed by atoms with van der Waals surface area (Å²) < 4.78 is 19.8. The van der Waals surface area contributed by atoms with Crippen molar-refractivity contribution in [2.45, 2.75) is 5.22 Å². The Bertz CT molecular complexity index is 587. The Morgan fingerprint density at radius 1 is 1.41 bits per heavy atom. The van der Waals surface area contributed by atoms with Crippen LogP contribution in [0.4, 0.5) is 0 Å². The fourth-order valence-corrected chi connectivity index (χ4v) is 4.58. The summed E-state index contributed by atoms with van der Waals surface area (Å²) in [7, 11) is -3.58. The Kier molecular flexibility index (Phi) is 3.85. The van der Waals surface area contributed by atoms with Gasteiger partial charge < -0.3 is 19.1 Å². The van der Waals surface area contributed by atoms with Crippen LogP contribution in [0.5, 0.6) is 0 Å². The van der Waals surface area contributed by atoms with E-state index >= 15 is 0 Å². The lowest BCUT2D eigenvalue weighted by Crippen LogP contribution is -1.83. The Balaban J connectivity index is 2.40. The molecule has 2 aromatic rings. The van der Waals surface area contributed by atoms with E-state index in [2.05, 4.69) is 9.29 Å². The number of para-hydroxylation sites is 2. The van der Waals surface area contributed by atoms with Gasteiger partial charge in [0, 0.05) is 0 Å². The molecule has 1 heterocycles. The maximum atomic E-state index is 10.4. The first-order chi connectivity index (χ1) is 7.96. The molecule has 3 N–H and O–H groups in total. The van der Waals surface area contributed by atoms with Gasteiger partial charge in [0.15, 0.2) is 5.58 Å². The molecule has 1 aromatic heterocycles. The van der Waals surface area contributed by atoms with Crippen LogP contribution in [0.2, 0.25) is 0 Å². The van der Waals surface area contributed by atoms with Crippen LogP contribution in [0, 0.1) is 0 Å². The van der Waals surface area contributed by atoms with Gasteiger partial charge >= 0.3 is 8.25 Å². The number of benzene rings is 1. The molecule has 0 spiro atoms. The predicted octanol–water partition coefficient (Wildman–Crippen LogP) is 1.06. The SMILES string of the molecule is O=[PH](O)OP(O)(O)=[SH]c1nc2ccccc2o1. The summed E-state index contributed by atoms with van der Waals surface area (Å²) in [5, 5.41) is 0.0211. The monoisotopic (exact) mass is 297 g/mol. The zero-order valence-corrected chi connectivity index (χ0v) is 11.0. The summed E-state index contributed by atoms with van der Waals surface area (Å²) in [6.07, 6.45) is 0. The minimum Gasteiger partial charge on any atom is -0.432 e. The van der Waals surface area contributed by atoms with Crippen molar-refractivity contribution in [2.75, 3.05) is 0 Å². The number of aromatic nitrogens is 1. The van der Waals surface area contributed by atoms with Crippen LogP contribution < -0.4 is 0 Å². The molecule has 1 atom stereocenters. The molecule has 0 aliphatic rings. The number of hydrogen-bond acceptors (Lipinski definition) is 4. The topological polar surface area (TPSA) is 113 Å². The lowest BCUT2D eigenvalue weighted by Gasteiger charge is -2.07. The second-order valence-electron chi connectivity index (χ2n) is 2.93. The summed E-state index contributed by atoms with van der Waals surface area (Å²) >= 11 is 0. The van der Waals surface area contributed by atoms with E-state index in [1.165, 1.54) is 0 Å². The highest BCUT2D eigenvalue weighted by molar-refractivity contribution is 8.17. The Labute approximate surface area is 99.8 Å². The zero-order chi connectivity index (χ0) is 12.5. The third-order valence-corrected chi connectivity index (χ3v) is 5.96. The molecule has 0 aliphatic carbocycles. The van der Waals surface area contributed by atoms with Gasteiger partial charge in [0.25, 0.3) is 11.9 Å². The van der Waals surface area contributed by atoms with E-state index in [9.17, 15) is 14.4 Å². The lowest BCUT2D eigenvalue weighted by atomic mass is 10.3. The normalized spacial score (nSPS) is 14.1. The van der Waals surface area contributed by atoms with E-state index in [0.717, 1.165) is 0 Å². The third-order valence-electron chi connectivity index (χ3n) is 1.70. The Morgan fingerprint density at radius 2 is 2.12 bits per heavy atom. The summed E-state index contributed by atoms with van der Waals surface area (Å²) in [4.78, 5) is 31.2. The smallest absolute Gasteiger partial charge is 0.323 e. The average Bonchev–Trinajstić information content (AvgIpc) is 2.55. The molecule has 0 bridgehead atoms. The third kappa shape index (κ3) is 3.50. The molecule has 2 rings (SSSR count). The van der Waals surface area contributed by atoms with Gasteiger partial charge in [-0.25, -0.2) is 9.29 Å². The van der Waals surface area contributed by atoms with Gasteiger partial charge in [-0.15, -0.1) is 0 Å². The molecule has 0 aliphatic heterocycles. The van der Waals surface area contributed by atoms with Crippen LogP contribution in [-0.4, -0.2) is 19.7 Å². The van der Waals surface area contributed by atoms with E-state index in [0.29, 0.717) is 11.1 Å². The van der Waals surface area contributed by atoms with Gasteiger partial charge in [-0.2, -0.15) is 0 Å².